The number of ether oxygens (including phenoxy) is 3. The highest BCUT2D eigenvalue weighted by molar-refractivity contribution is 7.93. The number of anilines is 1. The third kappa shape index (κ3) is 7.83. The minimum atomic E-state index is -4.69. The van der Waals surface area contributed by atoms with Crippen molar-refractivity contribution in [3.63, 3.8) is 0 Å². The van der Waals surface area contributed by atoms with Gasteiger partial charge in [-0.25, -0.2) is 30.7 Å². The van der Waals surface area contributed by atoms with E-state index in [1.54, 1.807) is 39.8 Å². The Morgan fingerprint density at radius 3 is 2.13 bits per heavy atom. The lowest BCUT2D eigenvalue weighted by Gasteiger charge is -2.42. The Balaban J connectivity index is 1.85. The summed E-state index contributed by atoms with van der Waals surface area (Å²) >= 11 is 0. The lowest BCUT2D eigenvalue weighted by Crippen LogP contribution is -2.67. The third-order valence-electron chi connectivity index (χ3n) is 7.33. The molecule has 4 rings (SSSR count). The standard InChI is InChI=1S/C30H39N3O10S2/c1-21-6-12-24(13-7-21)45(39,40)33(22-8-10-23(11-9-22)42-28(36)32-15-17-41-18-16-32)30(5,27(35)43-29(2,3)4)26(34)25-20-44(37,38)19-14-31-25/h6-13,25,31H,14-20H2,1-5H3/t25?,30-/m1/s1. The molecule has 13 nitrogen and oxygen atoms in total. The molecular formula is C30H39N3O10S2. The smallest absolute Gasteiger partial charge is 0.415 e. The fourth-order valence-electron chi connectivity index (χ4n) is 4.97. The molecule has 0 radical (unpaired) electrons. The summed E-state index contributed by atoms with van der Waals surface area (Å²) < 4.78 is 71.0. The molecule has 2 heterocycles. The van der Waals surface area contributed by atoms with E-state index in [-0.39, 0.29) is 28.6 Å². The molecule has 2 fully saturated rings. The minimum absolute atomic E-state index is 0.0585. The molecule has 2 aliphatic heterocycles. The van der Waals surface area contributed by atoms with Gasteiger partial charge in [-0.3, -0.25) is 4.79 Å². The van der Waals surface area contributed by atoms with Crippen molar-refractivity contribution in [1.82, 2.24) is 10.2 Å². The van der Waals surface area contributed by atoms with Gasteiger partial charge in [-0.15, -0.1) is 0 Å². The van der Waals surface area contributed by atoms with Crippen molar-refractivity contribution in [3.05, 3.63) is 54.1 Å². The van der Waals surface area contributed by atoms with E-state index in [9.17, 15) is 31.2 Å². The Morgan fingerprint density at radius 2 is 1.58 bits per heavy atom. The number of carbonyl (C=O) groups is 3. The van der Waals surface area contributed by atoms with Crippen molar-refractivity contribution < 1.29 is 45.4 Å². The van der Waals surface area contributed by atoms with Crippen molar-refractivity contribution in [2.75, 3.05) is 48.7 Å². The van der Waals surface area contributed by atoms with Gasteiger partial charge in [0.05, 0.1) is 41.3 Å². The summed E-state index contributed by atoms with van der Waals surface area (Å²) in [6.07, 6.45) is -0.617. The molecule has 15 heteroatoms. The molecule has 1 amide bonds. The lowest BCUT2D eigenvalue weighted by atomic mass is 9.90. The molecule has 45 heavy (non-hydrogen) atoms. The number of aryl methyl sites for hydroxylation is 1. The van der Waals surface area contributed by atoms with Crippen LogP contribution in [0.1, 0.15) is 33.3 Å². The number of hydrogen-bond donors (Lipinski definition) is 1. The molecule has 2 aliphatic rings. The van der Waals surface area contributed by atoms with Gasteiger partial charge in [0.25, 0.3) is 10.0 Å². The molecule has 1 unspecified atom stereocenters. The highest BCUT2D eigenvalue weighted by Crippen LogP contribution is 2.36. The molecule has 0 bridgehead atoms. The maximum atomic E-state index is 14.5. The summed E-state index contributed by atoms with van der Waals surface area (Å²) in [5.74, 6) is -2.94. The normalized spacial score (nSPS) is 20.0. The number of rotatable bonds is 8. The number of nitrogens with zero attached hydrogens (tertiary/aromatic N) is 2. The Labute approximate surface area is 263 Å². The first-order valence-corrected chi connectivity index (χ1v) is 17.7. The zero-order chi connectivity index (χ0) is 33.2. The molecule has 2 saturated heterocycles. The largest absolute Gasteiger partial charge is 0.458 e. The van der Waals surface area contributed by atoms with E-state index in [1.165, 1.54) is 41.3 Å². The number of sulfonamides is 1. The fourth-order valence-corrected chi connectivity index (χ4v) is 8.08. The summed E-state index contributed by atoms with van der Waals surface area (Å²) in [5.41, 5.74) is -3.06. The van der Waals surface area contributed by atoms with Crippen LogP contribution < -0.4 is 14.4 Å². The van der Waals surface area contributed by atoms with Crippen LogP contribution in [0, 0.1) is 6.92 Å². The molecule has 0 aliphatic carbocycles. The lowest BCUT2D eigenvalue weighted by molar-refractivity contribution is -0.163. The van der Waals surface area contributed by atoms with E-state index in [2.05, 4.69) is 5.32 Å². The second-order valence-corrected chi connectivity index (χ2v) is 16.1. The van der Waals surface area contributed by atoms with Gasteiger partial charge in [0, 0.05) is 19.6 Å². The maximum Gasteiger partial charge on any atom is 0.415 e. The first-order valence-electron chi connectivity index (χ1n) is 14.4. The molecule has 1 N–H and O–H groups in total. The number of sulfone groups is 1. The molecule has 0 aromatic heterocycles. The maximum absolute atomic E-state index is 14.5. The topological polar surface area (TPSA) is 166 Å². The number of esters is 1. The number of Topliss-reactive ketones (excluding diaryl/α,β-unsaturated/α-hetero) is 1. The van der Waals surface area contributed by atoms with E-state index in [4.69, 9.17) is 14.2 Å². The van der Waals surface area contributed by atoms with Crippen LogP contribution >= 0.6 is 0 Å². The molecule has 2 atom stereocenters. The van der Waals surface area contributed by atoms with Crippen LogP contribution in [-0.2, 0) is 38.9 Å². The molecule has 246 valence electrons. The van der Waals surface area contributed by atoms with E-state index >= 15 is 0 Å². The Kier molecular flexibility index (Phi) is 9.97. The summed E-state index contributed by atoms with van der Waals surface area (Å²) in [5, 5.41) is 2.84. The number of amides is 1. The third-order valence-corrected chi connectivity index (χ3v) is 10.9. The zero-order valence-electron chi connectivity index (χ0n) is 25.9. The first-order chi connectivity index (χ1) is 20.9. The van der Waals surface area contributed by atoms with Crippen LogP contribution in [0.15, 0.2) is 53.4 Å². The molecule has 0 saturated carbocycles. The van der Waals surface area contributed by atoms with Crippen LogP contribution in [0.5, 0.6) is 5.75 Å². The summed E-state index contributed by atoms with van der Waals surface area (Å²) in [6, 6.07) is 9.72. The average Bonchev–Trinajstić information content (AvgIpc) is 2.96. The zero-order valence-corrected chi connectivity index (χ0v) is 27.6. The van der Waals surface area contributed by atoms with E-state index < -0.39 is 60.6 Å². The summed E-state index contributed by atoms with van der Waals surface area (Å²) in [7, 11) is -8.36. The van der Waals surface area contributed by atoms with E-state index in [1.807, 2.05) is 0 Å². The van der Waals surface area contributed by atoms with Crippen molar-refractivity contribution in [2.45, 2.75) is 56.7 Å². The van der Waals surface area contributed by atoms with Gasteiger partial charge < -0.3 is 24.4 Å². The second kappa shape index (κ2) is 13.1. The van der Waals surface area contributed by atoms with Gasteiger partial charge in [-0.1, -0.05) is 17.7 Å². The fraction of sp³-hybridized carbons (Fsp3) is 0.500. The number of nitrogens with one attached hydrogen (secondary N) is 1. The highest BCUT2D eigenvalue weighted by atomic mass is 32.2. The first kappa shape index (κ1) is 34.3. The van der Waals surface area contributed by atoms with Crippen LogP contribution in [0.2, 0.25) is 0 Å². The number of carbonyl (C=O) groups excluding carboxylic acids is 3. The Bertz CT molecular complexity index is 1630. The minimum Gasteiger partial charge on any atom is -0.458 e. The van der Waals surface area contributed by atoms with Gasteiger partial charge in [0.1, 0.15) is 11.4 Å². The predicted molar refractivity (Wildman–Crippen MR) is 165 cm³/mol. The number of morpholine rings is 1. The summed E-state index contributed by atoms with van der Waals surface area (Å²) in [6.45, 7) is 8.96. The number of hydrogen-bond acceptors (Lipinski definition) is 11. The van der Waals surface area contributed by atoms with Gasteiger partial charge in [0.2, 0.25) is 5.54 Å². The van der Waals surface area contributed by atoms with Gasteiger partial charge in [-0.2, -0.15) is 0 Å². The van der Waals surface area contributed by atoms with E-state index in [0.29, 0.717) is 30.6 Å². The van der Waals surface area contributed by atoms with Gasteiger partial charge >= 0.3 is 12.1 Å². The monoisotopic (exact) mass is 665 g/mol. The van der Waals surface area contributed by atoms with Gasteiger partial charge in [-0.05, 0) is 71.0 Å². The predicted octanol–water partition coefficient (Wildman–Crippen LogP) is 2.08. The highest BCUT2D eigenvalue weighted by Gasteiger charge is 2.56. The van der Waals surface area contributed by atoms with Crippen LogP contribution in [0.3, 0.4) is 0 Å². The van der Waals surface area contributed by atoms with Crippen molar-refractivity contribution in [1.29, 1.82) is 0 Å². The molecule has 2 aromatic rings. The van der Waals surface area contributed by atoms with Crippen LogP contribution in [0.4, 0.5) is 10.5 Å². The van der Waals surface area contributed by atoms with Crippen molar-refractivity contribution in [3.8, 4) is 5.75 Å². The number of benzene rings is 2. The Hall–Kier alpha value is -3.53. The molecular weight excluding hydrogens is 626 g/mol. The average molecular weight is 666 g/mol. The Morgan fingerprint density at radius 1 is 0.978 bits per heavy atom. The van der Waals surface area contributed by atoms with Crippen LogP contribution in [0.25, 0.3) is 0 Å². The molecule has 2 aromatic carbocycles. The number of ketones is 1. The van der Waals surface area contributed by atoms with E-state index in [0.717, 1.165) is 12.5 Å². The summed E-state index contributed by atoms with van der Waals surface area (Å²) in [4.78, 5) is 42.3. The van der Waals surface area contributed by atoms with Crippen molar-refractivity contribution in [2.24, 2.45) is 0 Å². The SMILES string of the molecule is Cc1ccc(S(=O)(=O)N(c2ccc(OC(=O)N3CCOCC3)cc2)[C@@](C)(C(=O)OC(C)(C)C)C(=O)C2CS(=O)(=O)CCN2)cc1. The molecule has 0 spiro atoms. The van der Waals surface area contributed by atoms with Crippen LogP contribution in [-0.4, -0.2) is 101 Å². The quantitative estimate of drug-likeness (QED) is 0.324. The second-order valence-electron chi connectivity index (χ2n) is 12.1. The van der Waals surface area contributed by atoms with Crippen molar-refractivity contribution >= 4 is 43.4 Å². The van der Waals surface area contributed by atoms with Gasteiger partial charge in [0.15, 0.2) is 15.6 Å².